The third kappa shape index (κ3) is 3.73. The van der Waals surface area contributed by atoms with Gasteiger partial charge in [-0.2, -0.15) is 0 Å². The number of aryl methyl sites for hydroxylation is 1. The van der Waals surface area contributed by atoms with Crippen molar-refractivity contribution in [3.05, 3.63) is 21.4 Å². The maximum absolute atomic E-state index is 11.9. The molecule has 1 unspecified atom stereocenters. The zero-order valence-electron chi connectivity index (χ0n) is 12.5. The largest absolute Gasteiger partial charge is 0.444 e. The van der Waals surface area contributed by atoms with E-state index < -0.39 is 11.7 Å². The molecule has 0 aromatic carbocycles. The highest BCUT2D eigenvalue weighted by molar-refractivity contribution is 7.10. The zero-order valence-corrected chi connectivity index (χ0v) is 13.3. The van der Waals surface area contributed by atoms with Crippen LogP contribution in [0, 0.1) is 0 Å². The summed E-state index contributed by atoms with van der Waals surface area (Å²) < 4.78 is 5.31. The molecule has 0 radical (unpaired) electrons. The summed E-state index contributed by atoms with van der Waals surface area (Å²) in [6, 6.07) is -0.150. The van der Waals surface area contributed by atoms with E-state index in [1.807, 2.05) is 20.8 Å². The van der Waals surface area contributed by atoms with Gasteiger partial charge in [0.1, 0.15) is 5.60 Å². The number of amides is 1. The van der Waals surface area contributed by atoms with Crippen molar-refractivity contribution in [1.29, 1.82) is 0 Å². The second-order valence-electron chi connectivity index (χ2n) is 6.23. The van der Waals surface area contributed by atoms with Crippen LogP contribution in [0.3, 0.4) is 0 Å². The molecule has 1 atom stereocenters. The van der Waals surface area contributed by atoms with E-state index in [0.29, 0.717) is 6.54 Å². The van der Waals surface area contributed by atoms with E-state index in [0.717, 1.165) is 12.8 Å². The molecule has 5 heteroatoms. The number of carbonyl (C=O) groups excluding carboxylic acids is 1. The summed E-state index contributed by atoms with van der Waals surface area (Å²) in [4.78, 5) is 13.4. The van der Waals surface area contributed by atoms with Crippen LogP contribution in [0.2, 0.25) is 0 Å². The first-order valence-corrected chi connectivity index (χ1v) is 8.07. The summed E-state index contributed by atoms with van der Waals surface area (Å²) in [5, 5.41) is 5.04. The van der Waals surface area contributed by atoms with Gasteiger partial charge in [0.05, 0.1) is 6.04 Å². The molecule has 1 aliphatic carbocycles. The lowest BCUT2D eigenvalue weighted by Gasteiger charge is -2.24. The summed E-state index contributed by atoms with van der Waals surface area (Å²) in [7, 11) is 0. The Balaban J connectivity index is 2.09. The Bertz CT molecular complexity index is 477. The number of rotatable bonds is 3. The summed E-state index contributed by atoms with van der Waals surface area (Å²) in [6.07, 6.45) is 4.34. The second kappa shape index (κ2) is 6.14. The normalized spacial score (nSPS) is 16.4. The highest BCUT2D eigenvalue weighted by Crippen LogP contribution is 2.33. The van der Waals surface area contributed by atoms with Gasteiger partial charge in [0, 0.05) is 11.4 Å². The van der Waals surface area contributed by atoms with Crippen LogP contribution in [-0.4, -0.2) is 18.2 Å². The van der Waals surface area contributed by atoms with Gasteiger partial charge < -0.3 is 15.8 Å². The lowest BCUT2D eigenvalue weighted by atomic mass is 9.93. The first-order chi connectivity index (χ1) is 9.40. The second-order valence-corrected chi connectivity index (χ2v) is 7.20. The van der Waals surface area contributed by atoms with E-state index in [-0.39, 0.29) is 6.04 Å². The molecule has 4 nitrogen and oxygen atoms in total. The number of hydrogen-bond acceptors (Lipinski definition) is 4. The van der Waals surface area contributed by atoms with E-state index in [9.17, 15) is 4.79 Å². The molecule has 0 saturated carbocycles. The highest BCUT2D eigenvalue weighted by Gasteiger charge is 2.24. The average molecular weight is 296 g/mol. The number of carbonyl (C=O) groups is 1. The van der Waals surface area contributed by atoms with Crippen LogP contribution in [0.1, 0.15) is 55.7 Å². The number of hydrogen-bond donors (Lipinski definition) is 2. The Kier molecular flexibility index (Phi) is 4.70. The predicted molar refractivity (Wildman–Crippen MR) is 82.1 cm³/mol. The fraction of sp³-hybridized carbons (Fsp3) is 0.667. The quantitative estimate of drug-likeness (QED) is 0.900. The molecule has 0 spiro atoms. The lowest BCUT2D eigenvalue weighted by molar-refractivity contribution is 0.0505. The molecule has 112 valence electrons. The number of ether oxygens (including phenoxy) is 1. The van der Waals surface area contributed by atoms with E-state index in [1.54, 1.807) is 11.3 Å². The topological polar surface area (TPSA) is 64.3 Å². The van der Waals surface area contributed by atoms with Crippen molar-refractivity contribution in [3.63, 3.8) is 0 Å². The molecule has 0 aliphatic heterocycles. The molecule has 2 rings (SSSR count). The minimum Gasteiger partial charge on any atom is -0.444 e. The van der Waals surface area contributed by atoms with Crippen molar-refractivity contribution in [2.75, 3.05) is 6.54 Å². The molecule has 1 heterocycles. The van der Waals surface area contributed by atoms with Crippen molar-refractivity contribution in [2.24, 2.45) is 5.73 Å². The van der Waals surface area contributed by atoms with Crippen LogP contribution in [0.5, 0.6) is 0 Å². The number of nitrogens with two attached hydrogens (primary N) is 1. The molecule has 1 aromatic heterocycles. The first kappa shape index (κ1) is 15.3. The number of nitrogens with one attached hydrogen (secondary N) is 1. The molecule has 20 heavy (non-hydrogen) atoms. The molecule has 3 N–H and O–H groups in total. The predicted octanol–water partition coefficient (Wildman–Crippen LogP) is 3.15. The van der Waals surface area contributed by atoms with Crippen LogP contribution in [0.25, 0.3) is 0 Å². The molecule has 1 aromatic rings. The van der Waals surface area contributed by atoms with Crippen LogP contribution in [-0.2, 0) is 17.6 Å². The highest BCUT2D eigenvalue weighted by atomic mass is 32.1. The van der Waals surface area contributed by atoms with Crippen molar-refractivity contribution in [3.8, 4) is 0 Å². The fourth-order valence-electron chi connectivity index (χ4n) is 2.52. The van der Waals surface area contributed by atoms with Gasteiger partial charge in [-0.1, -0.05) is 0 Å². The summed E-state index contributed by atoms with van der Waals surface area (Å²) in [6.45, 7) is 5.96. The number of thiophene rings is 1. The summed E-state index contributed by atoms with van der Waals surface area (Å²) in [5.74, 6) is 0. The monoisotopic (exact) mass is 296 g/mol. The van der Waals surface area contributed by atoms with Crippen LogP contribution in [0.15, 0.2) is 5.38 Å². The summed E-state index contributed by atoms with van der Waals surface area (Å²) in [5.41, 5.74) is 7.93. The van der Waals surface area contributed by atoms with Gasteiger partial charge in [-0.25, -0.2) is 4.79 Å². The zero-order chi connectivity index (χ0) is 14.8. The van der Waals surface area contributed by atoms with Crippen molar-refractivity contribution in [1.82, 2.24) is 5.32 Å². The molecule has 1 aliphatic rings. The Morgan fingerprint density at radius 3 is 2.80 bits per heavy atom. The van der Waals surface area contributed by atoms with Gasteiger partial charge in [-0.05, 0) is 63.0 Å². The molecular formula is C15H24N2O2S. The minimum atomic E-state index is -0.489. The van der Waals surface area contributed by atoms with Crippen molar-refractivity contribution < 1.29 is 9.53 Å². The van der Waals surface area contributed by atoms with Crippen molar-refractivity contribution >= 4 is 17.4 Å². The van der Waals surface area contributed by atoms with Crippen LogP contribution in [0.4, 0.5) is 4.79 Å². The van der Waals surface area contributed by atoms with Crippen LogP contribution < -0.4 is 11.1 Å². The first-order valence-electron chi connectivity index (χ1n) is 7.19. The molecule has 0 fully saturated rings. The summed E-state index contributed by atoms with van der Waals surface area (Å²) >= 11 is 1.79. The van der Waals surface area contributed by atoms with Crippen molar-refractivity contribution in [2.45, 2.75) is 58.1 Å². The standard InChI is InChI=1S/C15H24N2O2S/c1-15(2,3)19-14(18)17-12(8-16)11-9-20-13-7-5-4-6-10(11)13/h9,12H,4-8,16H2,1-3H3,(H,17,18). The Labute approximate surface area is 124 Å². The Morgan fingerprint density at radius 1 is 1.45 bits per heavy atom. The lowest BCUT2D eigenvalue weighted by Crippen LogP contribution is -2.38. The van der Waals surface area contributed by atoms with Gasteiger partial charge in [-0.3, -0.25) is 0 Å². The maximum Gasteiger partial charge on any atom is 0.408 e. The van der Waals surface area contributed by atoms with Gasteiger partial charge in [-0.15, -0.1) is 11.3 Å². The molecule has 0 bridgehead atoms. The van der Waals surface area contributed by atoms with Gasteiger partial charge in [0.15, 0.2) is 0 Å². The molecule has 1 amide bonds. The van der Waals surface area contributed by atoms with E-state index >= 15 is 0 Å². The van der Waals surface area contributed by atoms with E-state index in [4.69, 9.17) is 10.5 Å². The van der Waals surface area contributed by atoms with Gasteiger partial charge in [0.2, 0.25) is 0 Å². The van der Waals surface area contributed by atoms with Gasteiger partial charge in [0.25, 0.3) is 0 Å². The minimum absolute atomic E-state index is 0.150. The third-order valence-corrected chi connectivity index (χ3v) is 4.50. The van der Waals surface area contributed by atoms with Gasteiger partial charge >= 0.3 is 6.09 Å². The third-order valence-electron chi connectivity index (χ3n) is 3.40. The van der Waals surface area contributed by atoms with E-state index in [2.05, 4.69) is 10.7 Å². The molecule has 0 saturated heterocycles. The Hall–Kier alpha value is -1.07. The number of fused-ring (bicyclic) bond motifs is 1. The SMILES string of the molecule is CC(C)(C)OC(=O)NC(CN)c1csc2c1CCCC2. The molecular weight excluding hydrogens is 272 g/mol. The van der Waals surface area contributed by atoms with Crippen LogP contribution >= 0.6 is 11.3 Å². The maximum atomic E-state index is 11.9. The fourth-order valence-corrected chi connectivity index (χ4v) is 3.72. The van der Waals surface area contributed by atoms with E-state index in [1.165, 1.54) is 28.8 Å². The average Bonchev–Trinajstić information content (AvgIpc) is 2.77. The number of alkyl carbamates (subject to hydrolysis) is 1. The smallest absolute Gasteiger partial charge is 0.408 e. The Morgan fingerprint density at radius 2 is 2.15 bits per heavy atom.